The molecule has 1 aromatic heterocycles. The molecule has 0 atom stereocenters. The fourth-order valence-corrected chi connectivity index (χ4v) is 20.9. The second kappa shape index (κ2) is 6.04. The van der Waals surface area contributed by atoms with Gasteiger partial charge in [-0.3, -0.25) is 0 Å². The first-order valence-electron chi connectivity index (χ1n) is 13.2. The summed E-state index contributed by atoms with van der Waals surface area (Å²) in [6.07, 6.45) is -0.718. The van der Waals surface area contributed by atoms with Crippen LogP contribution in [0.2, 0.25) is 0 Å². The Morgan fingerprint density at radius 1 is 0.865 bits per heavy atom. The summed E-state index contributed by atoms with van der Waals surface area (Å²) in [5.41, 5.74) is 11.0. The SMILES string of the molecule is CC1(C)c2ccccc2B2c3c(cccc31)-n1c3ccccc3c3ccc(P45(N=IF)B6[B-]B4B65)c2c31. The van der Waals surface area contributed by atoms with Crippen molar-refractivity contribution in [3.05, 3.63) is 90.0 Å². The van der Waals surface area contributed by atoms with Crippen LogP contribution in [0.25, 0.3) is 27.5 Å². The van der Waals surface area contributed by atoms with Crippen LogP contribution in [-0.2, 0) is 5.41 Å². The van der Waals surface area contributed by atoms with Crippen molar-refractivity contribution in [1.82, 2.24) is 4.57 Å². The third kappa shape index (κ3) is 1.87. The summed E-state index contributed by atoms with van der Waals surface area (Å²) < 4.78 is 21.9. The molecule has 0 aliphatic carbocycles. The van der Waals surface area contributed by atoms with Crippen molar-refractivity contribution in [2.75, 3.05) is 0 Å². The number of nitrogens with zero attached hydrogens (tertiary/aromatic N) is 2. The molecule has 6 aliphatic heterocycles. The summed E-state index contributed by atoms with van der Waals surface area (Å²) in [5, 5.41) is 4.07. The minimum absolute atomic E-state index is 0.0912. The summed E-state index contributed by atoms with van der Waals surface area (Å²) >= 11 is -1.60. The molecular formula is C27H19B5FIN2P-. The molecule has 10 heteroatoms. The Kier molecular flexibility index (Phi) is 3.40. The van der Waals surface area contributed by atoms with E-state index in [0.717, 1.165) is 0 Å². The van der Waals surface area contributed by atoms with Gasteiger partial charge in [0.2, 0.25) is 0 Å². The van der Waals surface area contributed by atoms with Gasteiger partial charge in [-0.1, -0.05) is 0 Å². The molecule has 172 valence electrons. The number of benzene rings is 4. The first-order valence-corrected chi connectivity index (χ1v) is 17.4. The zero-order valence-electron chi connectivity index (χ0n) is 20.5. The summed E-state index contributed by atoms with van der Waals surface area (Å²) in [4.78, 5) is 0. The van der Waals surface area contributed by atoms with Crippen LogP contribution in [-0.4, -0.2) is 37.0 Å². The van der Waals surface area contributed by atoms with Gasteiger partial charge in [-0.15, -0.1) is 0 Å². The molecule has 0 saturated carbocycles. The topological polar surface area (TPSA) is 17.3 Å². The van der Waals surface area contributed by atoms with E-state index in [-0.39, 0.29) is 12.1 Å². The maximum absolute atomic E-state index is 14.3. The van der Waals surface area contributed by atoms with Crippen molar-refractivity contribution in [3.8, 4) is 5.69 Å². The second-order valence-electron chi connectivity index (χ2n) is 12.2. The van der Waals surface area contributed by atoms with Crippen LogP contribution < -0.4 is 21.7 Å². The fraction of sp³-hybridized carbons (Fsp3) is 0.111. The molecule has 4 aromatic carbocycles. The van der Waals surface area contributed by atoms with Crippen LogP contribution in [0.5, 0.6) is 0 Å². The third-order valence-corrected chi connectivity index (χ3v) is 20.8. The van der Waals surface area contributed by atoms with Crippen LogP contribution in [0.15, 0.2) is 81.8 Å². The monoisotopic (exact) mass is 603 g/mol. The van der Waals surface area contributed by atoms with Crippen LogP contribution in [0, 0.1) is 0 Å². The van der Waals surface area contributed by atoms with Gasteiger partial charge in [0.05, 0.1) is 0 Å². The number of aromatic nitrogens is 1. The van der Waals surface area contributed by atoms with Gasteiger partial charge in [0.1, 0.15) is 0 Å². The molecule has 0 N–H and O–H groups in total. The molecule has 2 bridgehead atoms. The van der Waals surface area contributed by atoms with Crippen LogP contribution in [0.3, 0.4) is 0 Å². The van der Waals surface area contributed by atoms with Gasteiger partial charge in [-0.2, -0.15) is 0 Å². The van der Waals surface area contributed by atoms with Crippen LogP contribution in [0.4, 0.5) is 2.86 Å². The summed E-state index contributed by atoms with van der Waals surface area (Å²) in [5.74, 6) is 0. The Hall–Kier alpha value is -2.11. The van der Waals surface area contributed by atoms with Crippen molar-refractivity contribution >= 4 is 104 Å². The summed E-state index contributed by atoms with van der Waals surface area (Å²) in [6.45, 7) is 4.92. The molecule has 5 aromatic rings. The molecule has 37 heavy (non-hydrogen) atoms. The van der Waals surface area contributed by atoms with Crippen LogP contribution >= 0.6 is 28.0 Å². The average molecular weight is 602 g/mol. The zero-order valence-corrected chi connectivity index (χ0v) is 23.5. The molecule has 4 fully saturated rings. The Bertz CT molecular complexity index is 1970. The third-order valence-electron chi connectivity index (χ3n) is 10.9. The van der Waals surface area contributed by atoms with E-state index in [1.807, 2.05) is 0 Å². The van der Waals surface area contributed by atoms with E-state index in [1.54, 1.807) is 0 Å². The van der Waals surface area contributed by atoms with Crippen LogP contribution in [0.1, 0.15) is 25.0 Å². The van der Waals surface area contributed by atoms with E-state index in [2.05, 4.69) is 104 Å². The molecule has 2 radical (unpaired) electrons. The predicted octanol–water partition coefficient (Wildman–Crippen LogP) is 4.25. The number of halogens is 2. The van der Waals surface area contributed by atoms with E-state index < -0.39 is 28.0 Å². The van der Waals surface area contributed by atoms with Gasteiger partial charge in [-0.05, 0) is 0 Å². The number of para-hydroxylation sites is 1. The Balaban J connectivity index is 1.46. The van der Waals surface area contributed by atoms with E-state index in [9.17, 15) is 2.86 Å². The van der Waals surface area contributed by atoms with Gasteiger partial charge >= 0.3 is 229 Å². The first-order chi connectivity index (χ1) is 18.0. The Morgan fingerprint density at radius 2 is 1.62 bits per heavy atom. The number of hydrogen-bond donors (Lipinski definition) is 0. The van der Waals surface area contributed by atoms with Gasteiger partial charge in [0.15, 0.2) is 0 Å². The molecule has 2 nitrogen and oxygen atoms in total. The number of hydrogen-bond acceptors (Lipinski definition) is 1. The molecule has 4 saturated heterocycles. The molecule has 6 aliphatic rings. The van der Waals surface area contributed by atoms with Gasteiger partial charge in [-0.25, -0.2) is 0 Å². The van der Waals surface area contributed by atoms with Crippen molar-refractivity contribution in [2.24, 2.45) is 2.92 Å². The summed E-state index contributed by atoms with van der Waals surface area (Å²) in [7, 11) is 2.48. The molecule has 0 unspecified atom stereocenters. The zero-order chi connectivity index (χ0) is 24.5. The quantitative estimate of drug-likeness (QED) is 0.160. The number of rotatable bonds is 2. The maximum atomic E-state index is 14.3. The Labute approximate surface area is 228 Å². The minimum atomic E-state index is -2.49. The normalized spacial score (nSPS) is 22.5. The molecule has 0 amide bonds. The molecule has 11 rings (SSSR count). The Morgan fingerprint density at radius 3 is 2.41 bits per heavy atom. The molecular weight excluding hydrogens is 583 g/mol. The van der Waals surface area contributed by atoms with Gasteiger partial charge in [0, 0.05) is 0 Å². The average Bonchev–Trinajstić information content (AvgIpc) is 3.49. The standard InChI is InChI=1S/C27H19B5FIN2P/c1-27(2)18-9-4-5-11-20(18)29-24-19(27)10-7-13-22(24)36-21-12-6-3-8-16(21)17-14-15-23(25(29)26(17)36)37(35-34-33)30-28-31(37)32(30)37/h3-15H,1-2H3/q-1. The van der Waals surface area contributed by atoms with E-state index in [0.29, 0.717) is 18.6 Å². The fourth-order valence-electron chi connectivity index (χ4n) is 9.15. The second-order valence-corrected chi connectivity index (χ2v) is 18.9. The van der Waals surface area contributed by atoms with Gasteiger partial charge in [0.25, 0.3) is 0 Å². The van der Waals surface area contributed by atoms with E-state index in [1.165, 1.54) is 60.3 Å². The van der Waals surface area contributed by atoms with Gasteiger partial charge < -0.3 is 0 Å². The van der Waals surface area contributed by atoms with E-state index in [4.69, 9.17) is 2.92 Å². The first kappa shape index (κ1) is 20.8. The van der Waals surface area contributed by atoms with Crippen molar-refractivity contribution < 1.29 is 2.86 Å². The number of fused-ring (bicyclic) bond motifs is 7. The summed E-state index contributed by atoms with van der Waals surface area (Å²) in [6, 6.07) is 29.6. The molecule has 0 spiro atoms. The van der Waals surface area contributed by atoms with Crippen molar-refractivity contribution in [2.45, 2.75) is 19.3 Å². The van der Waals surface area contributed by atoms with E-state index >= 15 is 0 Å². The van der Waals surface area contributed by atoms with Crippen molar-refractivity contribution in [3.63, 3.8) is 0 Å². The molecule has 7 heterocycles. The van der Waals surface area contributed by atoms with Crippen molar-refractivity contribution in [1.29, 1.82) is 0 Å². The predicted molar refractivity (Wildman–Crippen MR) is 171 cm³/mol.